The first-order chi connectivity index (χ1) is 17.7. The quantitative estimate of drug-likeness (QED) is 0.352. The molecule has 0 saturated carbocycles. The van der Waals surface area contributed by atoms with Gasteiger partial charge in [-0.2, -0.15) is 0 Å². The molecule has 0 radical (unpaired) electrons. The maximum Gasteiger partial charge on any atom is 0.187 e. The first kappa shape index (κ1) is 26.2. The molecule has 1 fully saturated rings. The summed E-state index contributed by atoms with van der Waals surface area (Å²) in [6.45, 7) is 5.27. The van der Waals surface area contributed by atoms with Gasteiger partial charge in [-0.25, -0.2) is 0 Å². The molecule has 6 nitrogen and oxygen atoms in total. The molecule has 190 valence electrons. The fourth-order valence-corrected chi connectivity index (χ4v) is 4.11. The molecule has 1 saturated heterocycles. The van der Waals surface area contributed by atoms with Crippen LogP contribution in [0.2, 0.25) is 0 Å². The summed E-state index contributed by atoms with van der Waals surface area (Å²) in [6.07, 6.45) is -2.14. The van der Waals surface area contributed by atoms with Crippen molar-refractivity contribution in [2.45, 2.75) is 50.5 Å². The van der Waals surface area contributed by atoms with Gasteiger partial charge in [0.1, 0.15) is 24.4 Å². The zero-order valence-corrected chi connectivity index (χ0v) is 20.4. The van der Waals surface area contributed by atoms with Crippen LogP contribution >= 0.6 is 0 Å². The Morgan fingerprint density at radius 3 is 1.72 bits per heavy atom. The van der Waals surface area contributed by atoms with E-state index in [0.717, 1.165) is 16.7 Å². The first-order valence-corrected chi connectivity index (χ1v) is 12.2. The number of hydrogen-bond acceptors (Lipinski definition) is 6. The van der Waals surface area contributed by atoms with Crippen molar-refractivity contribution in [3.05, 3.63) is 120 Å². The van der Waals surface area contributed by atoms with Crippen LogP contribution in [-0.2, 0) is 43.5 Å². The summed E-state index contributed by atoms with van der Waals surface area (Å²) in [6, 6.07) is 29.5. The predicted octanol–water partition coefficient (Wildman–Crippen LogP) is 4.66. The van der Waals surface area contributed by atoms with Gasteiger partial charge in [0, 0.05) is 0 Å². The minimum Gasteiger partial charge on any atom is -0.387 e. The van der Waals surface area contributed by atoms with Crippen LogP contribution < -0.4 is 0 Å². The predicted molar refractivity (Wildman–Crippen MR) is 137 cm³/mol. The van der Waals surface area contributed by atoms with Gasteiger partial charge in [0.15, 0.2) is 6.29 Å². The molecule has 0 aliphatic carbocycles. The zero-order valence-electron chi connectivity index (χ0n) is 20.4. The maximum absolute atomic E-state index is 11.4. The summed E-state index contributed by atoms with van der Waals surface area (Å²) >= 11 is 0. The fraction of sp³-hybridized carbons (Fsp3) is 0.333. The van der Waals surface area contributed by atoms with Crippen LogP contribution in [0.25, 0.3) is 0 Å². The molecule has 0 amide bonds. The number of aliphatic hydroxyl groups is 1. The average Bonchev–Trinajstić information content (AvgIpc) is 2.93. The highest BCUT2D eigenvalue weighted by Crippen LogP contribution is 2.29. The Balaban J connectivity index is 1.47. The molecule has 0 spiro atoms. The van der Waals surface area contributed by atoms with Crippen LogP contribution in [-0.4, -0.2) is 49.0 Å². The third-order valence-corrected chi connectivity index (χ3v) is 5.96. The molecule has 1 N–H and O–H groups in total. The van der Waals surface area contributed by atoms with E-state index in [1.165, 1.54) is 0 Å². The van der Waals surface area contributed by atoms with Gasteiger partial charge in [-0.05, 0) is 16.7 Å². The molecule has 1 heterocycles. The summed E-state index contributed by atoms with van der Waals surface area (Å²) in [4.78, 5) is 0. The smallest absolute Gasteiger partial charge is 0.187 e. The zero-order chi connectivity index (χ0) is 25.0. The van der Waals surface area contributed by atoms with Crippen molar-refractivity contribution in [3.63, 3.8) is 0 Å². The molecule has 1 aliphatic heterocycles. The average molecular weight is 491 g/mol. The molecule has 36 heavy (non-hydrogen) atoms. The molecule has 6 heteroatoms. The maximum atomic E-state index is 11.4. The molecule has 0 aromatic heterocycles. The number of rotatable bonds is 13. The van der Waals surface area contributed by atoms with Crippen molar-refractivity contribution >= 4 is 0 Å². The van der Waals surface area contributed by atoms with E-state index in [1.54, 1.807) is 6.08 Å². The number of benzene rings is 3. The second kappa shape index (κ2) is 14.0. The second-order valence-corrected chi connectivity index (χ2v) is 8.68. The topological polar surface area (TPSA) is 66.4 Å². The monoisotopic (exact) mass is 490 g/mol. The lowest BCUT2D eigenvalue weighted by molar-refractivity contribution is -0.318. The Kier molecular flexibility index (Phi) is 10.2. The summed E-state index contributed by atoms with van der Waals surface area (Å²) in [7, 11) is 0. The van der Waals surface area contributed by atoms with Gasteiger partial charge in [0.05, 0.1) is 33.0 Å². The van der Waals surface area contributed by atoms with Gasteiger partial charge in [-0.3, -0.25) is 0 Å². The van der Waals surface area contributed by atoms with Gasteiger partial charge < -0.3 is 28.8 Å². The lowest BCUT2D eigenvalue weighted by Crippen LogP contribution is -2.61. The lowest BCUT2D eigenvalue weighted by atomic mass is 9.98. The van der Waals surface area contributed by atoms with E-state index >= 15 is 0 Å². The van der Waals surface area contributed by atoms with Crippen molar-refractivity contribution < 1.29 is 28.8 Å². The Labute approximate surface area is 213 Å². The van der Waals surface area contributed by atoms with E-state index in [4.69, 9.17) is 23.7 Å². The fourth-order valence-electron chi connectivity index (χ4n) is 4.11. The van der Waals surface area contributed by atoms with E-state index < -0.39 is 30.7 Å². The Hall–Kier alpha value is -2.84. The summed E-state index contributed by atoms with van der Waals surface area (Å²) in [5.74, 6) is 0. The van der Waals surface area contributed by atoms with E-state index in [9.17, 15) is 5.11 Å². The van der Waals surface area contributed by atoms with Crippen LogP contribution in [0.3, 0.4) is 0 Å². The van der Waals surface area contributed by atoms with E-state index in [0.29, 0.717) is 19.8 Å². The lowest BCUT2D eigenvalue weighted by Gasteiger charge is -2.44. The van der Waals surface area contributed by atoms with Crippen LogP contribution in [0.1, 0.15) is 16.7 Å². The van der Waals surface area contributed by atoms with Crippen LogP contribution in [0, 0.1) is 0 Å². The first-order valence-electron chi connectivity index (χ1n) is 12.2. The SMILES string of the molecule is C=CCO[C@H]1O[C@H](COCc2ccccc2)[C@@H](OCc2ccccc2)[C@H](O)[C@@H]1OCc1ccccc1. The van der Waals surface area contributed by atoms with E-state index in [-0.39, 0.29) is 13.2 Å². The molecule has 0 bridgehead atoms. The van der Waals surface area contributed by atoms with Gasteiger partial charge in [-0.15, -0.1) is 6.58 Å². The molecule has 5 atom stereocenters. The van der Waals surface area contributed by atoms with Gasteiger partial charge in [0.2, 0.25) is 0 Å². The van der Waals surface area contributed by atoms with Crippen molar-refractivity contribution in [1.29, 1.82) is 0 Å². The van der Waals surface area contributed by atoms with Gasteiger partial charge >= 0.3 is 0 Å². The molecule has 1 aliphatic rings. The highest BCUT2D eigenvalue weighted by Gasteiger charge is 2.47. The molecule has 0 unspecified atom stereocenters. The van der Waals surface area contributed by atoms with Gasteiger partial charge in [-0.1, -0.05) is 97.1 Å². The van der Waals surface area contributed by atoms with Crippen LogP contribution in [0.15, 0.2) is 104 Å². The van der Waals surface area contributed by atoms with E-state index in [2.05, 4.69) is 6.58 Å². The Morgan fingerprint density at radius 1 is 0.694 bits per heavy atom. The third kappa shape index (κ3) is 7.58. The molecule has 3 aromatic carbocycles. The second-order valence-electron chi connectivity index (χ2n) is 8.68. The van der Waals surface area contributed by atoms with Crippen molar-refractivity contribution in [2.24, 2.45) is 0 Å². The number of aliphatic hydroxyl groups excluding tert-OH is 1. The summed E-state index contributed by atoms with van der Waals surface area (Å²) < 4.78 is 30.5. The van der Waals surface area contributed by atoms with Crippen molar-refractivity contribution in [3.8, 4) is 0 Å². The third-order valence-electron chi connectivity index (χ3n) is 5.96. The molecular weight excluding hydrogens is 456 g/mol. The van der Waals surface area contributed by atoms with E-state index in [1.807, 2.05) is 91.0 Å². The normalized spacial score (nSPS) is 23.9. The van der Waals surface area contributed by atoms with Gasteiger partial charge in [0.25, 0.3) is 0 Å². The highest BCUT2D eigenvalue weighted by molar-refractivity contribution is 5.15. The molecule has 4 rings (SSSR count). The largest absolute Gasteiger partial charge is 0.387 e. The number of ether oxygens (including phenoxy) is 5. The van der Waals surface area contributed by atoms with Crippen molar-refractivity contribution in [2.75, 3.05) is 13.2 Å². The summed E-state index contributed by atoms with van der Waals surface area (Å²) in [5.41, 5.74) is 3.04. The minimum absolute atomic E-state index is 0.227. The summed E-state index contributed by atoms with van der Waals surface area (Å²) in [5, 5.41) is 11.4. The Morgan fingerprint density at radius 2 is 1.19 bits per heavy atom. The van der Waals surface area contributed by atoms with Crippen molar-refractivity contribution in [1.82, 2.24) is 0 Å². The van der Waals surface area contributed by atoms with Crippen LogP contribution in [0.4, 0.5) is 0 Å². The highest BCUT2D eigenvalue weighted by atomic mass is 16.7. The number of hydrogen-bond donors (Lipinski definition) is 1. The standard InChI is InChI=1S/C30H34O6/c1-2-18-33-30-29(35-21-25-16-10-5-11-17-25)27(31)28(34-20-24-14-8-4-9-15-24)26(36-30)22-32-19-23-12-6-3-7-13-23/h2-17,26-31H,1,18-22H2/t26-,27+,28-,29+,30+/m1/s1. The Bertz CT molecular complexity index is 1010. The molecular formula is C30H34O6. The molecule has 3 aromatic rings. The minimum atomic E-state index is -0.994. The van der Waals surface area contributed by atoms with Crippen LogP contribution in [0.5, 0.6) is 0 Å².